The van der Waals surface area contributed by atoms with Crippen molar-refractivity contribution in [1.29, 1.82) is 5.26 Å². The van der Waals surface area contributed by atoms with Gasteiger partial charge in [0.05, 0.1) is 29.6 Å². The molecule has 0 saturated carbocycles. The SMILES string of the molecule is Cc1c(C#N)cccc1-c1cc(-c2ccn(Cc3cccc(Br)c3)c(=O)c2)nc(N)n1. The molecule has 2 aromatic heterocycles. The molecule has 0 aliphatic carbocycles. The molecule has 6 nitrogen and oxygen atoms in total. The van der Waals surface area contributed by atoms with E-state index in [9.17, 15) is 10.1 Å². The van der Waals surface area contributed by atoms with E-state index < -0.39 is 0 Å². The lowest BCUT2D eigenvalue weighted by molar-refractivity contribution is 0.759. The van der Waals surface area contributed by atoms with Crippen LogP contribution in [0, 0.1) is 18.3 Å². The summed E-state index contributed by atoms with van der Waals surface area (Å²) >= 11 is 3.45. The summed E-state index contributed by atoms with van der Waals surface area (Å²) in [7, 11) is 0. The second kappa shape index (κ2) is 8.54. The Morgan fingerprint density at radius 1 is 1.06 bits per heavy atom. The predicted octanol–water partition coefficient (Wildman–Crippen LogP) is 4.55. The van der Waals surface area contributed by atoms with Crippen molar-refractivity contribution in [3.05, 3.63) is 98.4 Å². The molecule has 4 aromatic rings. The number of aromatic nitrogens is 3. The molecule has 0 amide bonds. The van der Waals surface area contributed by atoms with Crippen molar-refractivity contribution < 1.29 is 0 Å². The Labute approximate surface area is 187 Å². The lowest BCUT2D eigenvalue weighted by atomic mass is 9.99. The van der Waals surface area contributed by atoms with Crippen molar-refractivity contribution in [2.24, 2.45) is 0 Å². The van der Waals surface area contributed by atoms with E-state index in [1.54, 1.807) is 29.0 Å². The predicted molar refractivity (Wildman–Crippen MR) is 124 cm³/mol. The second-order valence-corrected chi connectivity index (χ2v) is 8.01. The van der Waals surface area contributed by atoms with Crippen molar-refractivity contribution in [3.8, 4) is 28.6 Å². The average molecular weight is 472 g/mol. The molecule has 0 saturated heterocycles. The maximum Gasteiger partial charge on any atom is 0.251 e. The number of anilines is 1. The van der Waals surface area contributed by atoms with Gasteiger partial charge in [-0.2, -0.15) is 5.26 Å². The van der Waals surface area contributed by atoms with Crippen LogP contribution in [0.5, 0.6) is 0 Å². The summed E-state index contributed by atoms with van der Waals surface area (Å²) in [5.74, 6) is 0.104. The molecule has 0 bridgehead atoms. The molecule has 2 aromatic carbocycles. The van der Waals surface area contributed by atoms with Gasteiger partial charge in [-0.1, -0.05) is 40.2 Å². The highest BCUT2D eigenvalue weighted by atomic mass is 79.9. The normalized spacial score (nSPS) is 10.6. The molecular formula is C24H18BrN5O. The van der Waals surface area contributed by atoms with Gasteiger partial charge in [0.1, 0.15) is 0 Å². The third kappa shape index (κ3) is 4.39. The Bertz CT molecular complexity index is 1390. The molecule has 4 rings (SSSR count). The first-order valence-corrected chi connectivity index (χ1v) is 10.3. The van der Waals surface area contributed by atoms with Gasteiger partial charge in [0.2, 0.25) is 5.95 Å². The van der Waals surface area contributed by atoms with Gasteiger partial charge in [-0.05, 0) is 48.4 Å². The third-order valence-corrected chi connectivity index (χ3v) is 5.50. The van der Waals surface area contributed by atoms with Gasteiger partial charge in [0, 0.05) is 27.9 Å². The van der Waals surface area contributed by atoms with Crippen LogP contribution in [0.25, 0.3) is 22.5 Å². The van der Waals surface area contributed by atoms with Crippen molar-refractivity contribution in [1.82, 2.24) is 14.5 Å². The van der Waals surface area contributed by atoms with Crippen LogP contribution >= 0.6 is 15.9 Å². The maximum absolute atomic E-state index is 12.7. The van der Waals surface area contributed by atoms with Crippen LogP contribution in [0.15, 0.2) is 76.1 Å². The van der Waals surface area contributed by atoms with Crippen LogP contribution in [0.3, 0.4) is 0 Å². The van der Waals surface area contributed by atoms with Crippen LogP contribution in [-0.2, 0) is 6.54 Å². The van der Waals surface area contributed by atoms with Crippen molar-refractivity contribution in [2.75, 3.05) is 5.73 Å². The topological polar surface area (TPSA) is 97.6 Å². The molecule has 0 aliphatic heterocycles. The number of nitrogens with two attached hydrogens (primary N) is 1. The minimum absolute atomic E-state index is 0.104. The molecule has 0 aliphatic rings. The van der Waals surface area contributed by atoms with E-state index in [-0.39, 0.29) is 11.5 Å². The Morgan fingerprint density at radius 3 is 2.58 bits per heavy atom. The van der Waals surface area contributed by atoms with Gasteiger partial charge < -0.3 is 10.3 Å². The summed E-state index contributed by atoms with van der Waals surface area (Å²) in [6, 6.07) is 20.6. The Morgan fingerprint density at radius 2 is 1.84 bits per heavy atom. The number of nitriles is 1. The van der Waals surface area contributed by atoms with Gasteiger partial charge in [-0.25, -0.2) is 9.97 Å². The Kier molecular flexibility index (Phi) is 5.65. The van der Waals surface area contributed by atoms with Crippen LogP contribution in [-0.4, -0.2) is 14.5 Å². The number of rotatable bonds is 4. The van der Waals surface area contributed by atoms with E-state index in [0.29, 0.717) is 29.1 Å². The van der Waals surface area contributed by atoms with E-state index in [0.717, 1.165) is 21.2 Å². The van der Waals surface area contributed by atoms with Crippen molar-refractivity contribution in [2.45, 2.75) is 13.5 Å². The molecule has 31 heavy (non-hydrogen) atoms. The standard InChI is InChI=1S/C24H18BrN5O/c1-15-18(13-26)5-3-7-20(15)22-12-21(28-24(27)29-22)17-8-9-30(23(31)11-17)14-16-4-2-6-19(25)10-16/h2-12H,14H2,1H3,(H2,27,28,29). The molecule has 2 heterocycles. The monoisotopic (exact) mass is 471 g/mol. The number of halogens is 1. The molecule has 0 spiro atoms. The largest absolute Gasteiger partial charge is 0.368 e. The second-order valence-electron chi connectivity index (χ2n) is 7.10. The van der Waals surface area contributed by atoms with Gasteiger partial charge in [0.15, 0.2) is 0 Å². The first-order chi connectivity index (χ1) is 14.9. The minimum atomic E-state index is -0.140. The number of hydrogen-bond donors (Lipinski definition) is 1. The van der Waals surface area contributed by atoms with Crippen LogP contribution in [0.4, 0.5) is 5.95 Å². The molecule has 0 atom stereocenters. The molecule has 0 fully saturated rings. The summed E-state index contributed by atoms with van der Waals surface area (Å²) < 4.78 is 2.60. The van der Waals surface area contributed by atoms with Gasteiger partial charge in [0.25, 0.3) is 5.56 Å². The number of pyridine rings is 1. The summed E-state index contributed by atoms with van der Waals surface area (Å²) in [6.45, 7) is 2.34. The van der Waals surface area contributed by atoms with Gasteiger partial charge in [-0.15, -0.1) is 0 Å². The van der Waals surface area contributed by atoms with E-state index in [2.05, 4.69) is 32.0 Å². The first-order valence-electron chi connectivity index (χ1n) is 9.54. The van der Waals surface area contributed by atoms with Crippen LogP contribution < -0.4 is 11.3 Å². The quantitative estimate of drug-likeness (QED) is 0.470. The van der Waals surface area contributed by atoms with Gasteiger partial charge >= 0.3 is 0 Å². The molecule has 0 unspecified atom stereocenters. The Balaban J connectivity index is 1.72. The van der Waals surface area contributed by atoms with Crippen molar-refractivity contribution in [3.63, 3.8) is 0 Å². The smallest absolute Gasteiger partial charge is 0.251 e. The van der Waals surface area contributed by atoms with Crippen molar-refractivity contribution >= 4 is 21.9 Å². The number of benzene rings is 2. The Hall–Kier alpha value is -3.76. The summed E-state index contributed by atoms with van der Waals surface area (Å²) in [6.07, 6.45) is 1.75. The number of nitrogen functional groups attached to an aromatic ring is 1. The minimum Gasteiger partial charge on any atom is -0.368 e. The highest BCUT2D eigenvalue weighted by molar-refractivity contribution is 9.10. The fourth-order valence-corrected chi connectivity index (χ4v) is 3.86. The molecule has 7 heteroatoms. The van der Waals surface area contributed by atoms with Crippen LogP contribution in [0.2, 0.25) is 0 Å². The first kappa shape index (κ1) is 20.5. The fraction of sp³-hybridized carbons (Fsp3) is 0.0833. The lowest BCUT2D eigenvalue weighted by Crippen LogP contribution is -2.19. The van der Waals surface area contributed by atoms with E-state index >= 15 is 0 Å². The summed E-state index contributed by atoms with van der Waals surface area (Å²) in [5, 5.41) is 9.31. The zero-order valence-electron chi connectivity index (χ0n) is 16.7. The zero-order valence-corrected chi connectivity index (χ0v) is 18.3. The van der Waals surface area contributed by atoms with E-state index in [4.69, 9.17) is 5.73 Å². The summed E-state index contributed by atoms with van der Waals surface area (Å²) in [5.41, 5.74) is 10.9. The fourth-order valence-electron chi connectivity index (χ4n) is 3.42. The highest BCUT2D eigenvalue weighted by Crippen LogP contribution is 2.27. The average Bonchev–Trinajstić information content (AvgIpc) is 2.75. The maximum atomic E-state index is 12.7. The van der Waals surface area contributed by atoms with E-state index in [1.807, 2.05) is 49.4 Å². The molecule has 152 valence electrons. The van der Waals surface area contributed by atoms with Gasteiger partial charge in [-0.3, -0.25) is 4.79 Å². The van der Waals surface area contributed by atoms with Crippen LogP contribution in [0.1, 0.15) is 16.7 Å². The molecule has 0 radical (unpaired) electrons. The number of nitrogens with zero attached hydrogens (tertiary/aromatic N) is 4. The highest BCUT2D eigenvalue weighted by Gasteiger charge is 2.12. The third-order valence-electron chi connectivity index (χ3n) is 5.01. The molecular weight excluding hydrogens is 454 g/mol. The van der Waals surface area contributed by atoms with E-state index in [1.165, 1.54) is 0 Å². The molecule has 2 N–H and O–H groups in total. The lowest BCUT2D eigenvalue weighted by Gasteiger charge is -2.11. The summed E-state index contributed by atoms with van der Waals surface area (Å²) in [4.78, 5) is 21.4. The zero-order chi connectivity index (χ0) is 22.0. The number of hydrogen-bond acceptors (Lipinski definition) is 5.